The maximum Gasteiger partial charge on any atom is 0.306 e. The number of aryl methyl sites for hydroxylation is 1. The minimum absolute atomic E-state index is 0.111. The zero-order valence-corrected chi connectivity index (χ0v) is 13.9. The molecule has 0 N–H and O–H groups in total. The van der Waals surface area contributed by atoms with Crippen LogP contribution < -0.4 is 0 Å². The summed E-state index contributed by atoms with van der Waals surface area (Å²) in [5.41, 5.74) is 5.99. The molecule has 2 nitrogen and oxygen atoms in total. The molecule has 0 unspecified atom stereocenters. The van der Waals surface area contributed by atoms with Gasteiger partial charge in [0.05, 0.1) is 6.61 Å². The maximum atomic E-state index is 11.5. The Labute approximate surface area is 134 Å². The summed E-state index contributed by atoms with van der Waals surface area (Å²) >= 11 is 0. The van der Waals surface area contributed by atoms with Crippen LogP contribution in [0.25, 0.3) is 0 Å². The molecule has 120 valence electrons. The van der Waals surface area contributed by atoms with E-state index in [4.69, 9.17) is 4.74 Å². The molecule has 22 heavy (non-hydrogen) atoms. The van der Waals surface area contributed by atoms with Crippen molar-refractivity contribution in [1.29, 1.82) is 0 Å². The molecule has 0 heterocycles. The van der Waals surface area contributed by atoms with Gasteiger partial charge in [-0.25, -0.2) is 0 Å². The van der Waals surface area contributed by atoms with Crippen molar-refractivity contribution in [3.63, 3.8) is 0 Å². The van der Waals surface area contributed by atoms with Crippen molar-refractivity contribution in [3.8, 4) is 0 Å². The van der Waals surface area contributed by atoms with Crippen LogP contribution in [0.5, 0.6) is 0 Å². The lowest BCUT2D eigenvalue weighted by Crippen LogP contribution is -2.04. The van der Waals surface area contributed by atoms with Crippen molar-refractivity contribution in [2.45, 2.75) is 58.8 Å². The van der Waals surface area contributed by atoms with E-state index in [0.717, 1.165) is 38.5 Å². The van der Waals surface area contributed by atoms with Gasteiger partial charge in [0.25, 0.3) is 0 Å². The molecular formula is C20H28O2. The molecule has 0 aliphatic heterocycles. The number of carbonyl (C=O) groups excluding carboxylic acids is 1. The predicted molar refractivity (Wildman–Crippen MR) is 91.8 cm³/mol. The first-order chi connectivity index (χ1) is 10.8. The van der Waals surface area contributed by atoms with Gasteiger partial charge in [-0.1, -0.05) is 43.7 Å². The van der Waals surface area contributed by atoms with Crippen molar-refractivity contribution in [1.82, 2.24) is 0 Å². The van der Waals surface area contributed by atoms with E-state index in [2.05, 4.69) is 43.0 Å². The summed E-state index contributed by atoms with van der Waals surface area (Å²) in [5, 5.41) is 0. The van der Waals surface area contributed by atoms with Gasteiger partial charge in [-0.2, -0.15) is 0 Å². The summed E-state index contributed by atoms with van der Waals surface area (Å²) in [6.45, 7) is 4.46. The highest BCUT2D eigenvalue weighted by atomic mass is 16.5. The number of esters is 1. The van der Waals surface area contributed by atoms with Crippen LogP contribution in [-0.4, -0.2) is 12.6 Å². The fourth-order valence-electron chi connectivity index (χ4n) is 2.27. The smallest absolute Gasteiger partial charge is 0.306 e. The summed E-state index contributed by atoms with van der Waals surface area (Å²) < 4.78 is 5.00. The van der Waals surface area contributed by atoms with E-state index in [-0.39, 0.29) is 5.97 Å². The molecule has 0 fully saturated rings. The van der Waals surface area contributed by atoms with Crippen molar-refractivity contribution < 1.29 is 9.53 Å². The van der Waals surface area contributed by atoms with E-state index in [9.17, 15) is 4.79 Å². The molecule has 0 spiro atoms. The molecule has 1 rings (SSSR count). The molecule has 0 aliphatic rings. The van der Waals surface area contributed by atoms with Crippen LogP contribution in [-0.2, 0) is 16.0 Å². The van der Waals surface area contributed by atoms with E-state index in [1.807, 2.05) is 13.0 Å². The Hall–Kier alpha value is -1.79. The first-order valence-electron chi connectivity index (χ1n) is 8.38. The second-order valence-corrected chi connectivity index (χ2v) is 5.38. The highest BCUT2D eigenvalue weighted by Crippen LogP contribution is 2.15. The summed E-state index contributed by atoms with van der Waals surface area (Å²) in [5.74, 6) is -0.111. The summed E-state index contributed by atoms with van der Waals surface area (Å²) in [6, 6.07) is 10.5. The van der Waals surface area contributed by atoms with Crippen molar-refractivity contribution in [3.05, 3.63) is 53.3 Å². The second-order valence-electron chi connectivity index (χ2n) is 5.38. The number of unbranched alkanes of at least 4 members (excludes halogenated alkanes) is 1. The maximum absolute atomic E-state index is 11.5. The lowest BCUT2D eigenvalue weighted by atomic mass is 10.0. The Kier molecular flexibility index (Phi) is 9.81. The Balaban J connectivity index is 2.47. The van der Waals surface area contributed by atoms with Crippen LogP contribution in [0.2, 0.25) is 0 Å². The lowest BCUT2D eigenvalue weighted by molar-refractivity contribution is -0.143. The molecule has 0 saturated heterocycles. The van der Waals surface area contributed by atoms with Gasteiger partial charge in [0.1, 0.15) is 0 Å². The number of hydrogen-bond acceptors (Lipinski definition) is 2. The zero-order chi connectivity index (χ0) is 16.0. The molecule has 0 bridgehead atoms. The summed E-state index contributed by atoms with van der Waals surface area (Å²) in [7, 11) is 0. The first-order valence-corrected chi connectivity index (χ1v) is 8.38. The van der Waals surface area contributed by atoms with E-state index in [1.165, 1.54) is 11.1 Å². The highest BCUT2D eigenvalue weighted by Gasteiger charge is 2.05. The Morgan fingerprint density at radius 3 is 2.59 bits per heavy atom. The van der Waals surface area contributed by atoms with E-state index in [0.29, 0.717) is 13.0 Å². The average molecular weight is 300 g/mol. The van der Waals surface area contributed by atoms with Crippen LogP contribution in [0.1, 0.15) is 57.9 Å². The summed E-state index contributed by atoms with van der Waals surface area (Å²) in [4.78, 5) is 11.5. The average Bonchev–Trinajstić information content (AvgIpc) is 2.53. The third-order valence-corrected chi connectivity index (χ3v) is 3.46. The van der Waals surface area contributed by atoms with E-state index >= 15 is 0 Å². The topological polar surface area (TPSA) is 26.3 Å². The van der Waals surface area contributed by atoms with Crippen molar-refractivity contribution in [2.75, 3.05) is 6.61 Å². The quantitative estimate of drug-likeness (QED) is 0.436. The van der Waals surface area contributed by atoms with E-state index in [1.54, 1.807) is 0 Å². The van der Waals surface area contributed by atoms with Crippen molar-refractivity contribution in [2.24, 2.45) is 0 Å². The summed E-state index contributed by atoms with van der Waals surface area (Å²) in [6.07, 6.45) is 8.64. The third kappa shape index (κ3) is 8.49. The Morgan fingerprint density at radius 2 is 1.91 bits per heavy atom. The first kappa shape index (κ1) is 18.3. The molecule has 0 atom stereocenters. The number of carbonyl (C=O) groups is 1. The van der Waals surface area contributed by atoms with Crippen LogP contribution in [0.3, 0.4) is 0 Å². The molecule has 2 heteroatoms. The molecule has 0 aromatic heterocycles. The molecule has 1 aromatic carbocycles. The van der Waals surface area contributed by atoms with Crippen LogP contribution in [0.15, 0.2) is 47.7 Å². The number of benzene rings is 1. The van der Waals surface area contributed by atoms with Gasteiger partial charge in [0, 0.05) is 6.42 Å². The standard InChI is InChI=1S/C20H28O2/c1-3-5-7-11-19(16-17-20(21)22-4-2)15-10-14-18-12-8-6-9-13-18/h6-9,12-13H,3-5,10,14-17H2,1-2H3. The molecule has 0 aliphatic carbocycles. The van der Waals surface area contributed by atoms with Crippen LogP contribution in [0.4, 0.5) is 0 Å². The Morgan fingerprint density at radius 1 is 1.14 bits per heavy atom. The molecular weight excluding hydrogens is 272 g/mol. The van der Waals surface area contributed by atoms with Crippen LogP contribution >= 0.6 is 0 Å². The molecule has 0 radical (unpaired) electrons. The van der Waals surface area contributed by atoms with E-state index < -0.39 is 0 Å². The SMILES string of the molecule is CCCC=C=C(CCCc1ccccc1)CCC(=O)OCC. The van der Waals surface area contributed by atoms with Crippen molar-refractivity contribution >= 4 is 5.97 Å². The molecule has 0 saturated carbocycles. The van der Waals surface area contributed by atoms with Crippen LogP contribution in [0, 0.1) is 0 Å². The van der Waals surface area contributed by atoms with Gasteiger partial charge in [0.2, 0.25) is 0 Å². The largest absolute Gasteiger partial charge is 0.466 e. The lowest BCUT2D eigenvalue weighted by Gasteiger charge is -2.06. The number of ether oxygens (including phenoxy) is 1. The third-order valence-electron chi connectivity index (χ3n) is 3.46. The monoisotopic (exact) mass is 300 g/mol. The molecule has 0 amide bonds. The number of hydrogen-bond donors (Lipinski definition) is 0. The Bertz CT molecular complexity index is 482. The van der Waals surface area contributed by atoms with Gasteiger partial charge in [-0.15, -0.1) is 5.73 Å². The fourth-order valence-corrected chi connectivity index (χ4v) is 2.27. The second kappa shape index (κ2) is 11.8. The highest BCUT2D eigenvalue weighted by molar-refractivity contribution is 5.69. The minimum Gasteiger partial charge on any atom is -0.466 e. The van der Waals surface area contributed by atoms with Gasteiger partial charge in [-0.3, -0.25) is 4.79 Å². The van der Waals surface area contributed by atoms with Gasteiger partial charge < -0.3 is 4.74 Å². The number of allylic oxidation sites excluding steroid dienone is 1. The van der Waals surface area contributed by atoms with Gasteiger partial charge in [-0.05, 0) is 56.2 Å². The zero-order valence-electron chi connectivity index (χ0n) is 13.9. The fraction of sp³-hybridized carbons (Fsp3) is 0.500. The minimum atomic E-state index is -0.111. The predicted octanol–water partition coefficient (Wildman–Crippen LogP) is 5.23. The number of rotatable bonds is 10. The van der Waals surface area contributed by atoms with Gasteiger partial charge in [0.15, 0.2) is 0 Å². The van der Waals surface area contributed by atoms with Gasteiger partial charge >= 0.3 is 5.97 Å². The molecule has 1 aromatic rings. The normalized spacial score (nSPS) is 9.91.